The van der Waals surface area contributed by atoms with Gasteiger partial charge in [0.2, 0.25) is 0 Å². The van der Waals surface area contributed by atoms with Gasteiger partial charge in [-0.15, -0.1) is 0 Å². The third-order valence-electron chi connectivity index (χ3n) is 2.86. The predicted octanol–water partition coefficient (Wildman–Crippen LogP) is 3.55. The fourth-order valence-corrected chi connectivity index (χ4v) is 1.82. The largest absolute Gasteiger partial charge is 0.468 e. The lowest BCUT2D eigenvalue weighted by Crippen LogP contribution is -2.10. The monoisotopic (exact) mass is 232 g/mol. The fraction of sp³-hybridized carbons (Fsp3) is 0.357. The maximum absolute atomic E-state index is 11.1. The second-order valence-electron chi connectivity index (χ2n) is 5.09. The maximum Gasteiger partial charge on any atom is 0.296 e. The molecule has 0 radical (unpaired) electrons. The van der Waals surface area contributed by atoms with Crippen molar-refractivity contribution in [2.24, 2.45) is 0 Å². The molecule has 1 aromatic carbocycles. The molecule has 3 heteroatoms. The number of carbonyl (C=O) groups excluding carboxylic acids is 1. The minimum absolute atomic E-state index is 0.0405. The van der Waals surface area contributed by atoms with E-state index in [1.807, 2.05) is 18.2 Å². The van der Waals surface area contributed by atoms with Crippen LogP contribution >= 0.6 is 0 Å². The molecule has 0 saturated carbocycles. The van der Waals surface area contributed by atoms with Crippen LogP contribution in [0.1, 0.15) is 36.7 Å². The van der Waals surface area contributed by atoms with Gasteiger partial charge in [-0.1, -0.05) is 26.8 Å². The summed E-state index contributed by atoms with van der Waals surface area (Å²) in [5, 5.41) is 0.810. The number of rotatable bonds is 2. The standard InChI is InChI=1S/C14H16O3/c1-14(2,3)9-5-6-12-10(7-9)11(8-15)13(16-4)17-12/h5-8H,1-4H3. The second-order valence-corrected chi connectivity index (χ2v) is 5.09. The van der Waals surface area contributed by atoms with Crippen molar-refractivity contribution in [3.05, 3.63) is 29.3 Å². The van der Waals surface area contributed by atoms with E-state index in [1.165, 1.54) is 7.11 Å². The number of fused-ring (bicyclic) bond motifs is 1. The van der Waals surface area contributed by atoms with E-state index >= 15 is 0 Å². The lowest BCUT2D eigenvalue weighted by atomic mass is 9.86. The SMILES string of the molecule is COc1oc2ccc(C(C)(C)C)cc2c1C=O. The number of carbonyl (C=O) groups is 1. The van der Waals surface area contributed by atoms with Gasteiger partial charge in [0, 0.05) is 5.39 Å². The number of ether oxygens (including phenoxy) is 1. The Morgan fingerprint density at radius 1 is 1.29 bits per heavy atom. The number of benzene rings is 1. The van der Waals surface area contributed by atoms with Crippen molar-refractivity contribution < 1.29 is 13.9 Å². The van der Waals surface area contributed by atoms with E-state index in [-0.39, 0.29) is 11.4 Å². The predicted molar refractivity (Wildman–Crippen MR) is 66.9 cm³/mol. The molecular formula is C14H16O3. The highest BCUT2D eigenvalue weighted by molar-refractivity contribution is 5.99. The van der Waals surface area contributed by atoms with E-state index < -0.39 is 0 Å². The lowest BCUT2D eigenvalue weighted by molar-refractivity contribution is 0.111. The fourth-order valence-electron chi connectivity index (χ4n) is 1.82. The Labute approximate surface area is 100 Å². The maximum atomic E-state index is 11.1. The summed E-state index contributed by atoms with van der Waals surface area (Å²) in [4.78, 5) is 11.1. The number of methoxy groups -OCH3 is 1. The molecule has 0 aliphatic heterocycles. The molecule has 1 aromatic heterocycles. The quantitative estimate of drug-likeness (QED) is 0.743. The molecule has 0 atom stereocenters. The summed E-state index contributed by atoms with van der Waals surface area (Å²) in [5.41, 5.74) is 2.36. The Bertz CT molecular complexity index is 559. The number of hydrogen-bond acceptors (Lipinski definition) is 3. The smallest absolute Gasteiger partial charge is 0.296 e. The molecule has 2 aromatic rings. The van der Waals surface area contributed by atoms with Crippen molar-refractivity contribution in [2.45, 2.75) is 26.2 Å². The molecule has 3 nitrogen and oxygen atoms in total. The average molecular weight is 232 g/mol. The van der Waals surface area contributed by atoms with Crippen LogP contribution in [0.4, 0.5) is 0 Å². The van der Waals surface area contributed by atoms with E-state index in [9.17, 15) is 4.79 Å². The van der Waals surface area contributed by atoms with Crippen molar-refractivity contribution in [1.82, 2.24) is 0 Å². The van der Waals surface area contributed by atoms with E-state index in [4.69, 9.17) is 9.15 Å². The molecule has 17 heavy (non-hydrogen) atoms. The van der Waals surface area contributed by atoms with Crippen LogP contribution in [0.5, 0.6) is 5.95 Å². The highest BCUT2D eigenvalue weighted by atomic mass is 16.6. The van der Waals surface area contributed by atoms with Crippen molar-refractivity contribution in [2.75, 3.05) is 7.11 Å². The van der Waals surface area contributed by atoms with Gasteiger partial charge < -0.3 is 9.15 Å². The summed E-state index contributed by atoms with van der Waals surface area (Å²) in [7, 11) is 1.50. The van der Waals surface area contributed by atoms with E-state index in [0.29, 0.717) is 11.1 Å². The third kappa shape index (κ3) is 1.93. The molecule has 0 N–H and O–H groups in total. The van der Waals surface area contributed by atoms with Crippen LogP contribution in [0.25, 0.3) is 11.0 Å². The zero-order valence-electron chi connectivity index (χ0n) is 10.5. The topological polar surface area (TPSA) is 39.4 Å². The van der Waals surface area contributed by atoms with Gasteiger partial charge in [0.25, 0.3) is 5.95 Å². The van der Waals surface area contributed by atoms with Gasteiger partial charge in [-0.2, -0.15) is 0 Å². The normalized spacial score (nSPS) is 11.8. The van der Waals surface area contributed by atoms with Crippen molar-refractivity contribution >= 4 is 17.3 Å². The third-order valence-corrected chi connectivity index (χ3v) is 2.86. The Hall–Kier alpha value is -1.77. The minimum Gasteiger partial charge on any atom is -0.468 e. The summed E-state index contributed by atoms with van der Waals surface area (Å²) in [5.74, 6) is 0.279. The Morgan fingerprint density at radius 3 is 2.53 bits per heavy atom. The molecule has 0 unspecified atom stereocenters. The second kappa shape index (κ2) is 3.91. The summed E-state index contributed by atoms with van der Waals surface area (Å²) in [6, 6.07) is 5.89. The first-order valence-electron chi connectivity index (χ1n) is 5.53. The summed E-state index contributed by atoms with van der Waals surface area (Å²) in [6.45, 7) is 6.39. The minimum atomic E-state index is 0.0405. The van der Waals surface area contributed by atoms with Crippen molar-refractivity contribution in [3.8, 4) is 5.95 Å². The first-order valence-corrected chi connectivity index (χ1v) is 5.53. The molecule has 2 rings (SSSR count). The molecule has 0 bridgehead atoms. The molecule has 0 fully saturated rings. The Balaban J connectivity index is 2.71. The van der Waals surface area contributed by atoms with Crippen LogP contribution in [-0.4, -0.2) is 13.4 Å². The number of aldehydes is 1. The van der Waals surface area contributed by atoms with Gasteiger partial charge in [-0.05, 0) is 23.1 Å². The number of furan rings is 1. The van der Waals surface area contributed by atoms with Gasteiger partial charge in [0.15, 0.2) is 6.29 Å². The highest BCUT2D eigenvalue weighted by Gasteiger charge is 2.18. The van der Waals surface area contributed by atoms with Gasteiger partial charge in [0.1, 0.15) is 11.1 Å². The van der Waals surface area contributed by atoms with Crippen LogP contribution in [0.2, 0.25) is 0 Å². The van der Waals surface area contributed by atoms with Crippen molar-refractivity contribution in [3.63, 3.8) is 0 Å². The molecule has 0 saturated heterocycles. The van der Waals surface area contributed by atoms with E-state index in [2.05, 4.69) is 20.8 Å². The van der Waals surface area contributed by atoms with E-state index in [1.54, 1.807) is 0 Å². The summed E-state index contributed by atoms with van der Waals surface area (Å²) in [6.07, 6.45) is 0.775. The van der Waals surface area contributed by atoms with Gasteiger partial charge in [-0.3, -0.25) is 4.79 Å². The molecule has 0 aliphatic rings. The van der Waals surface area contributed by atoms with Crippen molar-refractivity contribution in [1.29, 1.82) is 0 Å². The molecule has 0 spiro atoms. The van der Waals surface area contributed by atoms with Crippen LogP contribution in [0, 0.1) is 0 Å². The molecule has 90 valence electrons. The molecule has 0 aliphatic carbocycles. The molecule has 0 amide bonds. The highest BCUT2D eigenvalue weighted by Crippen LogP contribution is 2.33. The number of hydrogen-bond donors (Lipinski definition) is 0. The zero-order chi connectivity index (χ0) is 12.6. The Kier molecular flexibility index (Phi) is 2.69. The molecule has 1 heterocycles. The average Bonchev–Trinajstić information content (AvgIpc) is 2.64. The van der Waals surface area contributed by atoms with Crippen LogP contribution in [-0.2, 0) is 5.41 Å². The van der Waals surface area contributed by atoms with E-state index in [0.717, 1.165) is 17.2 Å². The van der Waals surface area contributed by atoms with Crippen LogP contribution < -0.4 is 4.74 Å². The first kappa shape index (κ1) is 11.7. The first-order chi connectivity index (χ1) is 7.97. The van der Waals surface area contributed by atoms with Gasteiger partial charge in [0.05, 0.1) is 7.11 Å². The van der Waals surface area contributed by atoms with Gasteiger partial charge in [-0.25, -0.2) is 0 Å². The van der Waals surface area contributed by atoms with Crippen LogP contribution in [0.3, 0.4) is 0 Å². The zero-order valence-corrected chi connectivity index (χ0v) is 10.5. The van der Waals surface area contributed by atoms with Crippen LogP contribution in [0.15, 0.2) is 22.6 Å². The molecular weight excluding hydrogens is 216 g/mol. The lowest BCUT2D eigenvalue weighted by Gasteiger charge is -2.18. The van der Waals surface area contributed by atoms with Gasteiger partial charge >= 0.3 is 0 Å². The Morgan fingerprint density at radius 2 is 2.00 bits per heavy atom. The summed E-state index contributed by atoms with van der Waals surface area (Å²) >= 11 is 0. The summed E-state index contributed by atoms with van der Waals surface area (Å²) < 4.78 is 10.5.